The van der Waals surface area contributed by atoms with Crippen molar-refractivity contribution in [2.75, 3.05) is 23.0 Å². The van der Waals surface area contributed by atoms with Crippen molar-refractivity contribution in [3.05, 3.63) is 59.7 Å². The molecule has 0 bridgehead atoms. The van der Waals surface area contributed by atoms with Gasteiger partial charge in [-0.15, -0.1) is 0 Å². The van der Waals surface area contributed by atoms with E-state index in [-0.39, 0.29) is 22.5 Å². The molecule has 0 saturated heterocycles. The zero-order chi connectivity index (χ0) is 22.0. The van der Waals surface area contributed by atoms with Crippen molar-refractivity contribution in [2.45, 2.75) is 10.5 Å². The summed E-state index contributed by atoms with van der Waals surface area (Å²) in [6.07, 6.45) is 0. The summed E-state index contributed by atoms with van der Waals surface area (Å²) in [4.78, 5) is 0. The second kappa shape index (κ2) is 8.28. The number of para-hydroxylation sites is 2. The van der Waals surface area contributed by atoms with Crippen LogP contribution >= 0.6 is 0 Å². The number of nitrogen functional groups attached to an aromatic ring is 2. The largest absolute Gasteiger partial charge is 0.398 e. The lowest BCUT2D eigenvalue weighted by Gasteiger charge is -2.20. The van der Waals surface area contributed by atoms with Gasteiger partial charge in [-0.05, 0) is 23.3 Å². The Balaban J connectivity index is 2.47. The maximum Gasteiger partial charge on any atom is 0.273 e. The van der Waals surface area contributed by atoms with E-state index in [0.717, 1.165) is 0 Å². The van der Waals surface area contributed by atoms with E-state index in [1.165, 1.54) is 48.5 Å². The quantitative estimate of drug-likeness (QED) is 0.321. The maximum absolute atomic E-state index is 12.7. The third-order valence-electron chi connectivity index (χ3n) is 4.22. The Hall–Kier alpha value is -2.19. The topological polar surface area (TPSA) is 195 Å². The molecule has 6 N–H and O–H groups in total. The normalized spacial score (nSPS) is 15.0. The lowest BCUT2D eigenvalue weighted by molar-refractivity contribution is 0.470. The van der Waals surface area contributed by atoms with Gasteiger partial charge in [0.15, 0.2) is 9.84 Å². The van der Waals surface area contributed by atoms with Crippen LogP contribution in [0, 0.1) is 0 Å². The summed E-state index contributed by atoms with van der Waals surface area (Å²) in [5.41, 5.74) is 11.0. The van der Waals surface area contributed by atoms with Crippen LogP contribution in [0.15, 0.2) is 48.5 Å². The fourth-order valence-corrected chi connectivity index (χ4v) is 7.92. The third-order valence-corrected chi connectivity index (χ3v) is 8.60. The number of anilines is 2. The highest BCUT2D eigenvalue weighted by atomic mass is 32.2. The molecule has 0 aliphatic rings. The van der Waals surface area contributed by atoms with Crippen LogP contribution in [0.2, 0.25) is 0 Å². The van der Waals surface area contributed by atoms with E-state index in [1.807, 2.05) is 0 Å². The molecule has 2 rings (SSSR count). The molecular weight excluding hydrogens is 444 g/mol. The summed E-state index contributed by atoms with van der Waals surface area (Å²) in [5.74, 6) is -2.31. The van der Waals surface area contributed by atoms with E-state index in [9.17, 15) is 34.4 Å². The van der Waals surface area contributed by atoms with Gasteiger partial charge in [-0.25, -0.2) is 8.42 Å². The fourth-order valence-electron chi connectivity index (χ4n) is 2.81. The highest BCUT2D eigenvalue weighted by molar-refractivity contribution is 7.94. The van der Waals surface area contributed by atoms with Crippen molar-refractivity contribution >= 4 is 41.4 Å². The Kier molecular flexibility index (Phi) is 6.59. The Morgan fingerprint density at radius 3 is 1.24 bits per heavy atom. The molecule has 2 aromatic rings. The summed E-state index contributed by atoms with van der Waals surface area (Å²) >= 11 is 0. The molecule has 160 valence electrons. The standard InChI is InChI=1S/C16H20N2O8S3/c17-13-7-3-1-5-11(13)15(28(21,22)23)9-27(19,20)10-16(29(24,25)26)12-6-2-4-8-14(12)18/h1-8,15-16H,9-10,17-18H2,(H,21,22,23)(H,24,25,26). The van der Waals surface area contributed by atoms with Gasteiger partial charge < -0.3 is 11.5 Å². The van der Waals surface area contributed by atoms with E-state index in [2.05, 4.69) is 0 Å². The minimum Gasteiger partial charge on any atom is -0.398 e. The van der Waals surface area contributed by atoms with Crippen molar-refractivity contribution in [3.8, 4) is 0 Å². The summed E-state index contributed by atoms with van der Waals surface area (Å²) in [5, 5.41) is -3.88. The smallest absolute Gasteiger partial charge is 0.273 e. The van der Waals surface area contributed by atoms with Gasteiger partial charge in [0.05, 0.1) is 11.5 Å². The molecule has 0 aliphatic heterocycles. The summed E-state index contributed by atoms with van der Waals surface area (Å²) in [6.45, 7) is 0. The molecule has 10 nitrogen and oxygen atoms in total. The molecule has 0 heterocycles. The second-order valence-corrected chi connectivity index (χ2v) is 11.7. The minimum absolute atomic E-state index is 0.0658. The van der Waals surface area contributed by atoms with Crippen LogP contribution < -0.4 is 11.5 Å². The molecule has 0 fully saturated rings. The van der Waals surface area contributed by atoms with E-state index in [1.54, 1.807) is 0 Å². The zero-order valence-electron chi connectivity index (χ0n) is 14.9. The first-order valence-electron chi connectivity index (χ1n) is 8.04. The van der Waals surface area contributed by atoms with Crippen LogP contribution in [0.3, 0.4) is 0 Å². The van der Waals surface area contributed by atoms with Crippen molar-refractivity contribution in [2.24, 2.45) is 0 Å². The van der Waals surface area contributed by atoms with Crippen LogP contribution in [-0.4, -0.2) is 45.9 Å². The molecule has 2 aromatic carbocycles. The molecule has 0 spiro atoms. The summed E-state index contributed by atoms with van der Waals surface area (Å²) in [6, 6.07) is 10.9. The molecule has 13 heteroatoms. The average Bonchev–Trinajstić information content (AvgIpc) is 2.57. The predicted octanol–water partition coefficient (Wildman–Crippen LogP) is 0.824. The fraction of sp³-hybridized carbons (Fsp3) is 0.250. The van der Waals surface area contributed by atoms with Crippen LogP contribution in [-0.2, 0) is 30.1 Å². The highest BCUT2D eigenvalue weighted by Crippen LogP contribution is 2.32. The Labute approximate surface area is 169 Å². The second-order valence-electron chi connectivity index (χ2n) is 6.34. The van der Waals surface area contributed by atoms with Gasteiger partial charge in [-0.3, -0.25) is 9.11 Å². The first-order chi connectivity index (χ1) is 13.2. The lowest BCUT2D eigenvalue weighted by Crippen LogP contribution is -2.29. The monoisotopic (exact) mass is 464 g/mol. The maximum atomic E-state index is 12.7. The van der Waals surface area contributed by atoms with Gasteiger partial charge >= 0.3 is 0 Å². The number of hydrogen-bond donors (Lipinski definition) is 4. The van der Waals surface area contributed by atoms with Gasteiger partial charge in [0.1, 0.15) is 10.5 Å². The molecule has 0 radical (unpaired) electrons. The first kappa shape index (κ1) is 23.1. The third kappa shape index (κ3) is 5.90. The molecule has 0 aliphatic carbocycles. The SMILES string of the molecule is Nc1ccccc1C(CS(=O)(=O)CC(c1ccccc1N)S(=O)(=O)O)S(=O)(=O)O. The number of sulfone groups is 1. The Morgan fingerprint density at radius 2 is 0.966 bits per heavy atom. The molecule has 0 saturated carbocycles. The summed E-state index contributed by atoms with van der Waals surface area (Å²) in [7, 11) is -14.3. The van der Waals surface area contributed by atoms with Crippen LogP contribution in [0.5, 0.6) is 0 Å². The minimum atomic E-state index is -4.91. The average molecular weight is 465 g/mol. The Bertz CT molecular complexity index is 1120. The Morgan fingerprint density at radius 1 is 0.655 bits per heavy atom. The van der Waals surface area contributed by atoms with Gasteiger partial charge in [-0.1, -0.05) is 36.4 Å². The number of nitrogens with two attached hydrogens (primary N) is 2. The van der Waals surface area contributed by atoms with Gasteiger partial charge in [0, 0.05) is 11.4 Å². The zero-order valence-corrected chi connectivity index (χ0v) is 17.4. The van der Waals surface area contributed by atoms with Gasteiger partial charge in [-0.2, -0.15) is 16.8 Å². The number of rotatable bonds is 8. The number of hydrogen-bond acceptors (Lipinski definition) is 8. The van der Waals surface area contributed by atoms with Crippen molar-refractivity contribution in [1.82, 2.24) is 0 Å². The summed E-state index contributed by atoms with van der Waals surface area (Å²) < 4.78 is 91.7. The van der Waals surface area contributed by atoms with Gasteiger partial charge in [0.2, 0.25) is 0 Å². The van der Waals surface area contributed by atoms with Crippen LogP contribution in [0.4, 0.5) is 11.4 Å². The van der Waals surface area contributed by atoms with Crippen molar-refractivity contribution in [3.63, 3.8) is 0 Å². The molecule has 0 amide bonds. The first-order valence-corrected chi connectivity index (χ1v) is 12.9. The molecule has 2 atom stereocenters. The van der Waals surface area contributed by atoms with E-state index < -0.39 is 52.1 Å². The van der Waals surface area contributed by atoms with Crippen molar-refractivity contribution < 1.29 is 34.4 Å². The van der Waals surface area contributed by atoms with E-state index in [0.29, 0.717) is 0 Å². The van der Waals surface area contributed by atoms with Crippen molar-refractivity contribution in [1.29, 1.82) is 0 Å². The molecule has 0 aromatic heterocycles. The van der Waals surface area contributed by atoms with Crippen LogP contribution in [0.25, 0.3) is 0 Å². The van der Waals surface area contributed by atoms with Crippen LogP contribution in [0.1, 0.15) is 21.6 Å². The van der Waals surface area contributed by atoms with E-state index in [4.69, 9.17) is 11.5 Å². The number of benzene rings is 2. The molecule has 29 heavy (non-hydrogen) atoms. The molecular formula is C16H20N2O8S3. The molecule has 2 unspecified atom stereocenters. The predicted molar refractivity (Wildman–Crippen MR) is 109 cm³/mol. The van der Waals surface area contributed by atoms with Gasteiger partial charge in [0.25, 0.3) is 20.2 Å². The lowest BCUT2D eigenvalue weighted by atomic mass is 10.1. The van der Waals surface area contributed by atoms with E-state index >= 15 is 0 Å². The highest BCUT2D eigenvalue weighted by Gasteiger charge is 2.37.